The maximum absolute atomic E-state index is 11.9. The molecule has 0 aliphatic carbocycles. The number of hydrogen-bond donors (Lipinski definition) is 2. The molecule has 4 aromatic rings. The van der Waals surface area contributed by atoms with Crippen LogP contribution in [-0.4, -0.2) is 57.9 Å². The quantitative estimate of drug-likeness (QED) is 0.385. The minimum atomic E-state index is -0.382. The lowest BCUT2D eigenvalue weighted by molar-refractivity contribution is 0.0601. The zero-order chi connectivity index (χ0) is 23.7. The van der Waals surface area contributed by atoms with Gasteiger partial charge >= 0.3 is 5.97 Å². The van der Waals surface area contributed by atoms with Gasteiger partial charge in [-0.15, -0.1) is 11.3 Å². The molecule has 1 aliphatic rings. The van der Waals surface area contributed by atoms with Crippen LogP contribution in [0.2, 0.25) is 0 Å². The molecule has 0 radical (unpaired) electrons. The number of methoxy groups -OCH3 is 1. The van der Waals surface area contributed by atoms with Gasteiger partial charge in [0.1, 0.15) is 10.6 Å². The molecule has 9 nitrogen and oxygen atoms in total. The molecule has 10 heteroatoms. The number of aromatic nitrogens is 4. The number of anilines is 4. The Bertz CT molecular complexity index is 1320. The lowest BCUT2D eigenvalue weighted by Crippen LogP contribution is -2.31. The summed E-state index contributed by atoms with van der Waals surface area (Å²) in [6, 6.07) is 7.58. The van der Waals surface area contributed by atoms with Crippen molar-refractivity contribution >= 4 is 50.7 Å². The first-order valence-corrected chi connectivity index (χ1v) is 12.1. The van der Waals surface area contributed by atoms with Crippen LogP contribution in [-0.2, 0) is 4.74 Å². The zero-order valence-electron chi connectivity index (χ0n) is 19.4. The van der Waals surface area contributed by atoms with Crippen LogP contribution in [0.3, 0.4) is 0 Å². The number of esters is 1. The molecule has 1 aromatic carbocycles. The van der Waals surface area contributed by atoms with Gasteiger partial charge < -0.3 is 20.3 Å². The van der Waals surface area contributed by atoms with E-state index in [9.17, 15) is 4.79 Å². The van der Waals surface area contributed by atoms with Gasteiger partial charge in [0.05, 0.1) is 36.0 Å². The van der Waals surface area contributed by atoms with Gasteiger partial charge in [-0.3, -0.25) is 4.68 Å². The Labute approximate surface area is 201 Å². The highest BCUT2D eigenvalue weighted by Crippen LogP contribution is 2.33. The molecule has 1 aliphatic heterocycles. The first-order valence-electron chi connectivity index (χ1n) is 11.2. The maximum Gasteiger partial charge on any atom is 0.337 e. The summed E-state index contributed by atoms with van der Waals surface area (Å²) >= 11 is 1.57. The van der Waals surface area contributed by atoms with Gasteiger partial charge in [-0.25, -0.2) is 9.78 Å². The number of nitrogens with zero attached hydrogens (tertiary/aromatic N) is 5. The van der Waals surface area contributed by atoms with Gasteiger partial charge in [-0.2, -0.15) is 10.1 Å². The highest BCUT2D eigenvalue weighted by Gasteiger charge is 2.19. The van der Waals surface area contributed by atoms with Gasteiger partial charge in [-0.1, -0.05) is 6.07 Å². The number of piperidine rings is 1. The van der Waals surface area contributed by atoms with Crippen LogP contribution >= 0.6 is 11.3 Å². The van der Waals surface area contributed by atoms with Crippen LogP contribution in [0.5, 0.6) is 0 Å². The smallest absolute Gasteiger partial charge is 0.337 e. The summed E-state index contributed by atoms with van der Waals surface area (Å²) in [6.07, 6.45) is 6.02. The Hall–Kier alpha value is -3.50. The highest BCUT2D eigenvalue weighted by molar-refractivity contribution is 7.17. The second-order valence-electron chi connectivity index (χ2n) is 8.56. The molecule has 1 saturated heterocycles. The number of carbonyl (C=O) groups excluding carboxylic acids is 1. The lowest BCUT2D eigenvalue weighted by atomic mass is 10.1. The number of likely N-dealkylation sites (tertiary alicyclic amines) is 1. The van der Waals surface area contributed by atoms with Gasteiger partial charge in [0.15, 0.2) is 0 Å². The second kappa shape index (κ2) is 9.40. The van der Waals surface area contributed by atoms with E-state index in [-0.39, 0.29) is 5.97 Å². The van der Waals surface area contributed by atoms with Crippen molar-refractivity contribution in [1.29, 1.82) is 0 Å². The summed E-state index contributed by atoms with van der Waals surface area (Å²) in [5.41, 5.74) is 3.16. The van der Waals surface area contributed by atoms with Crippen LogP contribution in [0, 0.1) is 6.92 Å². The molecule has 0 spiro atoms. The predicted octanol–water partition coefficient (Wildman–Crippen LogP) is 4.74. The van der Waals surface area contributed by atoms with Crippen molar-refractivity contribution in [3.05, 3.63) is 53.2 Å². The van der Waals surface area contributed by atoms with E-state index >= 15 is 0 Å². The van der Waals surface area contributed by atoms with E-state index in [0.717, 1.165) is 53.1 Å². The van der Waals surface area contributed by atoms with Crippen molar-refractivity contribution < 1.29 is 9.53 Å². The molecule has 34 heavy (non-hydrogen) atoms. The minimum Gasteiger partial charge on any atom is -0.465 e. The summed E-state index contributed by atoms with van der Waals surface area (Å²) in [7, 11) is 3.53. The van der Waals surface area contributed by atoms with E-state index in [2.05, 4.69) is 33.1 Å². The number of ether oxygens (including phenoxy) is 1. The van der Waals surface area contributed by atoms with Crippen molar-refractivity contribution in [2.24, 2.45) is 0 Å². The van der Waals surface area contributed by atoms with Crippen molar-refractivity contribution in [3.63, 3.8) is 0 Å². The van der Waals surface area contributed by atoms with Crippen LogP contribution < -0.4 is 10.6 Å². The molecule has 4 heterocycles. The predicted molar refractivity (Wildman–Crippen MR) is 134 cm³/mol. The fraction of sp³-hybridized carbons (Fsp3) is 0.333. The van der Waals surface area contributed by atoms with Crippen molar-refractivity contribution in [3.8, 4) is 0 Å². The summed E-state index contributed by atoms with van der Waals surface area (Å²) in [4.78, 5) is 24.7. The first kappa shape index (κ1) is 22.3. The highest BCUT2D eigenvalue weighted by atomic mass is 32.1. The molecular weight excluding hydrogens is 450 g/mol. The Morgan fingerprint density at radius 1 is 1.18 bits per heavy atom. The van der Waals surface area contributed by atoms with E-state index < -0.39 is 0 Å². The molecule has 2 N–H and O–H groups in total. The summed E-state index contributed by atoms with van der Waals surface area (Å²) in [6.45, 7) is 4.20. The number of aryl methyl sites for hydroxylation is 1. The van der Waals surface area contributed by atoms with Crippen LogP contribution in [0.1, 0.15) is 34.8 Å². The van der Waals surface area contributed by atoms with Crippen LogP contribution in [0.4, 0.5) is 23.1 Å². The number of rotatable bonds is 6. The fourth-order valence-corrected chi connectivity index (χ4v) is 5.12. The Balaban J connectivity index is 1.41. The van der Waals surface area contributed by atoms with E-state index in [1.54, 1.807) is 23.5 Å². The number of fused-ring (bicyclic) bond motifs is 1. The molecule has 176 valence electrons. The van der Waals surface area contributed by atoms with Crippen molar-refractivity contribution in [2.45, 2.75) is 25.8 Å². The van der Waals surface area contributed by atoms with E-state index in [0.29, 0.717) is 23.4 Å². The van der Waals surface area contributed by atoms with Gasteiger partial charge in [0.25, 0.3) is 0 Å². The normalized spacial score (nSPS) is 14.9. The topological polar surface area (TPSA) is 97.2 Å². The van der Waals surface area contributed by atoms with E-state index in [1.165, 1.54) is 7.11 Å². The lowest BCUT2D eigenvalue weighted by Gasteiger charge is -2.28. The Morgan fingerprint density at radius 2 is 2.00 bits per heavy atom. The molecule has 0 unspecified atom stereocenters. The monoisotopic (exact) mass is 477 g/mol. The third-order valence-corrected chi connectivity index (χ3v) is 7.07. The number of carbonyl (C=O) groups is 1. The fourth-order valence-electron chi connectivity index (χ4n) is 4.20. The van der Waals surface area contributed by atoms with Crippen molar-refractivity contribution in [2.75, 3.05) is 37.9 Å². The van der Waals surface area contributed by atoms with E-state index in [1.807, 2.05) is 36.1 Å². The Morgan fingerprint density at radius 3 is 2.79 bits per heavy atom. The molecule has 3 aromatic heterocycles. The van der Waals surface area contributed by atoms with Crippen LogP contribution in [0.25, 0.3) is 10.2 Å². The third kappa shape index (κ3) is 4.59. The summed E-state index contributed by atoms with van der Waals surface area (Å²) < 4.78 is 6.89. The second-order valence-corrected chi connectivity index (χ2v) is 9.42. The van der Waals surface area contributed by atoms with Gasteiger partial charge in [0, 0.05) is 11.9 Å². The molecule has 5 rings (SSSR count). The zero-order valence-corrected chi connectivity index (χ0v) is 20.2. The number of hydrogen-bond acceptors (Lipinski definition) is 9. The molecule has 0 amide bonds. The van der Waals surface area contributed by atoms with Gasteiger partial charge in [-0.05, 0) is 69.0 Å². The summed E-state index contributed by atoms with van der Waals surface area (Å²) in [5.74, 6) is 0.784. The summed E-state index contributed by atoms with van der Waals surface area (Å²) in [5, 5.41) is 14.3. The molecule has 1 fully saturated rings. The van der Waals surface area contributed by atoms with Gasteiger partial charge in [0.2, 0.25) is 5.95 Å². The largest absolute Gasteiger partial charge is 0.465 e. The number of benzene rings is 1. The molecule has 0 atom stereocenters. The molecule has 0 saturated carbocycles. The first-order chi connectivity index (χ1) is 16.5. The number of thiophene rings is 1. The minimum absolute atomic E-state index is 0.382. The Kier molecular flexibility index (Phi) is 6.16. The average Bonchev–Trinajstić information content (AvgIpc) is 3.46. The number of nitrogens with one attached hydrogen (secondary N) is 2. The maximum atomic E-state index is 11.9. The third-order valence-electron chi connectivity index (χ3n) is 6.08. The standard InChI is InChI=1S/C24H27N7O2S/c1-15-14-34-22-20(15)21(26-17-6-4-5-16(11-17)23(32)33-3)28-24(29-22)27-18-12-25-31(13-18)19-7-9-30(2)10-8-19/h4-6,11-14,19H,7-10H2,1-3H3,(H2,26,27,28,29). The SMILES string of the molecule is COC(=O)c1cccc(Nc2nc(Nc3cnn(C4CCN(C)CC4)c3)nc3scc(C)c23)c1. The van der Waals surface area contributed by atoms with Crippen LogP contribution in [0.15, 0.2) is 42.0 Å². The molecule has 0 bridgehead atoms. The molecular formula is C24H27N7O2S. The van der Waals surface area contributed by atoms with Crippen molar-refractivity contribution in [1.82, 2.24) is 24.6 Å². The average molecular weight is 478 g/mol. The van der Waals surface area contributed by atoms with E-state index in [4.69, 9.17) is 14.7 Å².